The van der Waals surface area contributed by atoms with Gasteiger partial charge in [0, 0.05) is 18.6 Å². The first-order valence-electron chi connectivity index (χ1n) is 6.58. The fourth-order valence-electron chi connectivity index (χ4n) is 2.25. The molecular weight excluding hydrogens is 228 g/mol. The first-order chi connectivity index (χ1) is 8.79. The molecule has 18 heavy (non-hydrogen) atoms. The predicted molar refractivity (Wildman–Crippen MR) is 70.1 cm³/mol. The van der Waals surface area contributed by atoms with Gasteiger partial charge in [-0.25, -0.2) is 0 Å². The molecule has 1 saturated heterocycles. The minimum absolute atomic E-state index is 0.187. The van der Waals surface area contributed by atoms with Crippen molar-refractivity contribution in [2.75, 3.05) is 13.7 Å². The van der Waals surface area contributed by atoms with Gasteiger partial charge < -0.3 is 9.47 Å². The Morgan fingerprint density at radius 2 is 2.11 bits per heavy atom. The monoisotopic (exact) mass is 248 g/mol. The topological polar surface area (TPSA) is 35.5 Å². The number of ketones is 1. The van der Waals surface area contributed by atoms with E-state index in [1.165, 1.54) is 6.42 Å². The Morgan fingerprint density at radius 3 is 2.72 bits per heavy atom. The second-order valence-electron chi connectivity index (χ2n) is 4.68. The standard InChI is InChI=1S/C15H20O3/c1-17-13-7-5-12(6-8-13)15(16)10-9-14-4-2-3-11-18-14/h5-8,14H,2-4,9-11H2,1H3. The van der Waals surface area contributed by atoms with Crippen molar-refractivity contribution in [1.29, 1.82) is 0 Å². The molecule has 0 aromatic heterocycles. The second kappa shape index (κ2) is 6.55. The van der Waals surface area contributed by atoms with Gasteiger partial charge in [0.1, 0.15) is 5.75 Å². The molecule has 1 unspecified atom stereocenters. The summed E-state index contributed by atoms with van der Waals surface area (Å²) >= 11 is 0. The Morgan fingerprint density at radius 1 is 1.33 bits per heavy atom. The van der Waals surface area contributed by atoms with Crippen LogP contribution in [0.1, 0.15) is 42.5 Å². The first kappa shape index (κ1) is 13.1. The van der Waals surface area contributed by atoms with Crippen molar-refractivity contribution < 1.29 is 14.3 Å². The summed E-state index contributed by atoms with van der Waals surface area (Å²) in [4.78, 5) is 12.0. The van der Waals surface area contributed by atoms with E-state index < -0.39 is 0 Å². The largest absolute Gasteiger partial charge is 0.497 e. The molecule has 0 amide bonds. The van der Waals surface area contributed by atoms with Crippen molar-refractivity contribution in [2.45, 2.75) is 38.2 Å². The minimum Gasteiger partial charge on any atom is -0.497 e. The smallest absolute Gasteiger partial charge is 0.162 e. The average molecular weight is 248 g/mol. The van der Waals surface area contributed by atoms with Crippen LogP contribution in [0.15, 0.2) is 24.3 Å². The van der Waals surface area contributed by atoms with E-state index in [-0.39, 0.29) is 11.9 Å². The maximum atomic E-state index is 12.0. The third-order valence-electron chi connectivity index (χ3n) is 3.38. The molecule has 1 heterocycles. The van der Waals surface area contributed by atoms with Crippen LogP contribution in [-0.4, -0.2) is 25.6 Å². The van der Waals surface area contributed by atoms with E-state index in [2.05, 4.69) is 0 Å². The van der Waals surface area contributed by atoms with Crippen LogP contribution in [-0.2, 0) is 4.74 Å². The Bertz CT molecular complexity index is 377. The van der Waals surface area contributed by atoms with Gasteiger partial charge in [-0.15, -0.1) is 0 Å². The van der Waals surface area contributed by atoms with Gasteiger partial charge in [0.15, 0.2) is 5.78 Å². The Hall–Kier alpha value is -1.35. The van der Waals surface area contributed by atoms with Gasteiger partial charge >= 0.3 is 0 Å². The van der Waals surface area contributed by atoms with Gasteiger partial charge in [-0.05, 0) is 49.9 Å². The molecule has 3 heteroatoms. The van der Waals surface area contributed by atoms with E-state index in [0.29, 0.717) is 6.42 Å². The lowest BCUT2D eigenvalue weighted by molar-refractivity contribution is 0.0104. The highest BCUT2D eigenvalue weighted by molar-refractivity contribution is 5.96. The molecule has 0 saturated carbocycles. The molecule has 1 aromatic rings. The zero-order valence-corrected chi connectivity index (χ0v) is 10.9. The number of carbonyl (C=O) groups is 1. The summed E-state index contributed by atoms with van der Waals surface area (Å²) in [5, 5.41) is 0. The SMILES string of the molecule is COc1ccc(C(=O)CCC2CCCCO2)cc1. The van der Waals surface area contributed by atoms with Crippen LogP contribution < -0.4 is 4.74 Å². The quantitative estimate of drug-likeness (QED) is 0.750. The van der Waals surface area contributed by atoms with E-state index in [1.54, 1.807) is 7.11 Å². The molecule has 3 nitrogen and oxygen atoms in total. The normalized spacial score (nSPS) is 19.5. The summed E-state index contributed by atoms with van der Waals surface area (Å²) in [6.07, 6.45) is 5.16. The van der Waals surface area contributed by atoms with Gasteiger partial charge in [-0.2, -0.15) is 0 Å². The summed E-state index contributed by atoms with van der Waals surface area (Å²) in [6.45, 7) is 0.849. The van der Waals surface area contributed by atoms with Crippen LogP contribution in [0.2, 0.25) is 0 Å². The lowest BCUT2D eigenvalue weighted by Crippen LogP contribution is -2.20. The minimum atomic E-state index is 0.187. The highest BCUT2D eigenvalue weighted by Gasteiger charge is 2.15. The van der Waals surface area contributed by atoms with Crippen LogP contribution in [0.5, 0.6) is 5.75 Å². The molecule has 0 N–H and O–H groups in total. The Kier molecular flexibility index (Phi) is 4.76. The van der Waals surface area contributed by atoms with Crippen molar-refractivity contribution in [3.05, 3.63) is 29.8 Å². The second-order valence-corrected chi connectivity index (χ2v) is 4.68. The number of benzene rings is 1. The number of methoxy groups -OCH3 is 1. The molecule has 1 aromatic carbocycles. The molecule has 1 aliphatic heterocycles. The highest BCUT2D eigenvalue weighted by Crippen LogP contribution is 2.19. The number of carbonyl (C=O) groups excluding carboxylic acids is 1. The molecule has 1 fully saturated rings. The summed E-state index contributed by atoms with van der Waals surface area (Å²) < 4.78 is 10.7. The Balaban J connectivity index is 1.82. The lowest BCUT2D eigenvalue weighted by atomic mass is 10.0. The molecular formula is C15H20O3. The zero-order chi connectivity index (χ0) is 12.8. The first-order valence-corrected chi connectivity index (χ1v) is 6.58. The van der Waals surface area contributed by atoms with Crippen molar-refractivity contribution in [1.82, 2.24) is 0 Å². The molecule has 2 rings (SSSR count). The average Bonchev–Trinajstić information content (AvgIpc) is 2.46. The summed E-state index contributed by atoms with van der Waals surface area (Å²) in [5.74, 6) is 0.967. The molecule has 0 bridgehead atoms. The van der Waals surface area contributed by atoms with Crippen LogP contribution in [0.25, 0.3) is 0 Å². The third-order valence-corrected chi connectivity index (χ3v) is 3.38. The maximum absolute atomic E-state index is 12.0. The lowest BCUT2D eigenvalue weighted by Gasteiger charge is -2.22. The Labute approximate surface area is 108 Å². The van der Waals surface area contributed by atoms with Gasteiger partial charge in [0.05, 0.1) is 13.2 Å². The van der Waals surface area contributed by atoms with Crippen molar-refractivity contribution in [2.24, 2.45) is 0 Å². The zero-order valence-electron chi connectivity index (χ0n) is 10.9. The summed E-state index contributed by atoms with van der Waals surface area (Å²) in [5.41, 5.74) is 0.756. The van der Waals surface area contributed by atoms with Gasteiger partial charge in [-0.3, -0.25) is 4.79 Å². The summed E-state index contributed by atoms with van der Waals surface area (Å²) in [7, 11) is 1.62. The van der Waals surface area contributed by atoms with Crippen molar-refractivity contribution in [3.8, 4) is 5.75 Å². The molecule has 1 aliphatic rings. The maximum Gasteiger partial charge on any atom is 0.162 e. The van der Waals surface area contributed by atoms with Gasteiger partial charge in [0.25, 0.3) is 0 Å². The number of Topliss-reactive ketones (excluding diaryl/α,β-unsaturated/α-hetero) is 1. The molecule has 0 radical (unpaired) electrons. The molecule has 1 atom stereocenters. The van der Waals surface area contributed by atoms with E-state index in [4.69, 9.17) is 9.47 Å². The van der Waals surface area contributed by atoms with Crippen LogP contribution in [0, 0.1) is 0 Å². The van der Waals surface area contributed by atoms with Gasteiger partial charge in [-0.1, -0.05) is 0 Å². The predicted octanol–water partition coefficient (Wildman–Crippen LogP) is 3.23. The number of hydrogen-bond acceptors (Lipinski definition) is 3. The van der Waals surface area contributed by atoms with Crippen LogP contribution in [0.3, 0.4) is 0 Å². The number of ether oxygens (including phenoxy) is 2. The summed E-state index contributed by atoms with van der Waals surface area (Å²) in [6, 6.07) is 7.29. The third kappa shape index (κ3) is 3.57. The van der Waals surface area contributed by atoms with Crippen molar-refractivity contribution >= 4 is 5.78 Å². The highest BCUT2D eigenvalue weighted by atomic mass is 16.5. The van der Waals surface area contributed by atoms with Crippen LogP contribution >= 0.6 is 0 Å². The number of rotatable bonds is 5. The van der Waals surface area contributed by atoms with Gasteiger partial charge in [0.2, 0.25) is 0 Å². The van der Waals surface area contributed by atoms with Crippen molar-refractivity contribution in [3.63, 3.8) is 0 Å². The fraction of sp³-hybridized carbons (Fsp3) is 0.533. The fourth-order valence-corrected chi connectivity index (χ4v) is 2.25. The van der Waals surface area contributed by atoms with E-state index >= 15 is 0 Å². The van der Waals surface area contributed by atoms with E-state index in [9.17, 15) is 4.79 Å². The number of hydrogen-bond donors (Lipinski definition) is 0. The molecule has 98 valence electrons. The molecule has 0 spiro atoms. The van der Waals surface area contributed by atoms with E-state index in [1.807, 2.05) is 24.3 Å². The van der Waals surface area contributed by atoms with E-state index in [0.717, 1.165) is 37.2 Å². The van der Waals surface area contributed by atoms with Crippen LogP contribution in [0.4, 0.5) is 0 Å². The molecule has 0 aliphatic carbocycles.